The first kappa shape index (κ1) is 59.2. The van der Waals surface area contributed by atoms with Gasteiger partial charge in [0.1, 0.15) is 13.2 Å². The lowest BCUT2D eigenvalue weighted by molar-refractivity contribution is -0.870. The molecule has 0 aromatic heterocycles. The van der Waals surface area contributed by atoms with Crippen LogP contribution in [0.25, 0.3) is 0 Å². The number of phosphoric ester groups is 1. The van der Waals surface area contributed by atoms with Crippen LogP contribution in [0.2, 0.25) is 0 Å². The summed E-state index contributed by atoms with van der Waals surface area (Å²) in [5.74, 6) is -0.201. The number of hydrogen-bond donors (Lipinski definition) is 2. The summed E-state index contributed by atoms with van der Waals surface area (Å²) >= 11 is 0. The van der Waals surface area contributed by atoms with E-state index in [0.29, 0.717) is 17.4 Å². The predicted molar refractivity (Wildman–Crippen MR) is 261 cm³/mol. The van der Waals surface area contributed by atoms with Gasteiger partial charge in [-0.05, 0) is 57.8 Å². The molecule has 356 valence electrons. The number of amides is 1. The smallest absolute Gasteiger partial charge is 0.268 e. The van der Waals surface area contributed by atoms with Crippen LogP contribution in [0.1, 0.15) is 213 Å². The maximum absolute atomic E-state index is 12.9. The Labute approximate surface area is 377 Å². The van der Waals surface area contributed by atoms with Crippen LogP contribution in [0.5, 0.6) is 0 Å². The van der Waals surface area contributed by atoms with Crippen LogP contribution in [0.4, 0.5) is 0 Å². The Morgan fingerprint density at radius 2 is 1.00 bits per heavy atom. The number of hydrogen-bond acceptors (Lipinski definition) is 6. The number of aliphatic hydroxyl groups is 1. The highest BCUT2D eigenvalue weighted by atomic mass is 31.2. The minimum atomic E-state index is -4.59. The number of nitrogens with one attached hydrogen (secondary N) is 1. The van der Waals surface area contributed by atoms with E-state index < -0.39 is 20.0 Å². The van der Waals surface area contributed by atoms with Crippen molar-refractivity contribution in [2.24, 2.45) is 0 Å². The highest BCUT2D eigenvalue weighted by Gasteiger charge is 2.23. The number of unbranched alkanes of at least 4 members (excludes halogenated alkanes) is 24. The SMILES string of the molecule is CC/C=C\C/C=C\C/C=C\C/C=C\CCCCCCCCCCCCCCCCC(=O)NC(COP(=O)([O-])OCC[N+](C)(C)C)C(O)/C=C/CCCCCCCCCCCC. The van der Waals surface area contributed by atoms with Gasteiger partial charge in [-0.1, -0.05) is 209 Å². The van der Waals surface area contributed by atoms with Crippen molar-refractivity contribution in [2.45, 2.75) is 225 Å². The molecule has 8 nitrogen and oxygen atoms in total. The van der Waals surface area contributed by atoms with Crippen molar-refractivity contribution in [3.63, 3.8) is 0 Å². The van der Waals surface area contributed by atoms with Gasteiger partial charge in [-0.3, -0.25) is 9.36 Å². The second kappa shape index (κ2) is 43.5. The van der Waals surface area contributed by atoms with Crippen LogP contribution in [0.3, 0.4) is 0 Å². The fraction of sp³-hybridized carbons (Fsp3) is 0.788. The van der Waals surface area contributed by atoms with Gasteiger partial charge in [0.25, 0.3) is 7.82 Å². The first-order chi connectivity index (χ1) is 29.5. The summed E-state index contributed by atoms with van der Waals surface area (Å²) in [4.78, 5) is 25.4. The van der Waals surface area contributed by atoms with Gasteiger partial charge in [-0.15, -0.1) is 0 Å². The molecular weight excluding hydrogens is 780 g/mol. The number of phosphoric acid groups is 1. The summed E-state index contributed by atoms with van der Waals surface area (Å²) in [6.07, 6.45) is 57.1. The van der Waals surface area contributed by atoms with Crippen molar-refractivity contribution in [1.82, 2.24) is 5.32 Å². The van der Waals surface area contributed by atoms with Gasteiger partial charge >= 0.3 is 0 Å². The molecule has 0 spiro atoms. The van der Waals surface area contributed by atoms with E-state index in [1.807, 2.05) is 27.2 Å². The van der Waals surface area contributed by atoms with Crippen molar-refractivity contribution in [1.29, 1.82) is 0 Å². The molecule has 0 rings (SSSR count). The molecule has 0 bridgehead atoms. The number of carbonyl (C=O) groups is 1. The van der Waals surface area contributed by atoms with E-state index >= 15 is 0 Å². The summed E-state index contributed by atoms with van der Waals surface area (Å²) < 4.78 is 23.2. The monoisotopic (exact) mass is 877 g/mol. The second-order valence-electron chi connectivity index (χ2n) is 18.1. The third kappa shape index (κ3) is 46.0. The van der Waals surface area contributed by atoms with Crippen LogP contribution in [0.15, 0.2) is 60.8 Å². The Morgan fingerprint density at radius 1 is 0.590 bits per heavy atom. The Kier molecular flexibility index (Phi) is 42.2. The molecule has 0 aromatic rings. The van der Waals surface area contributed by atoms with E-state index in [0.717, 1.165) is 64.2 Å². The zero-order chi connectivity index (χ0) is 45.0. The zero-order valence-electron chi connectivity index (χ0n) is 40.4. The van der Waals surface area contributed by atoms with Gasteiger partial charge in [0, 0.05) is 6.42 Å². The summed E-state index contributed by atoms with van der Waals surface area (Å²) in [5, 5.41) is 13.8. The molecule has 0 radical (unpaired) electrons. The van der Waals surface area contributed by atoms with Crippen molar-refractivity contribution in [3.05, 3.63) is 60.8 Å². The molecule has 2 N–H and O–H groups in total. The number of quaternary nitrogens is 1. The van der Waals surface area contributed by atoms with Crippen LogP contribution >= 0.6 is 7.82 Å². The third-order valence-corrected chi connectivity index (χ3v) is 11.9. The third-order valence-electron chi connectivity index (χ3n) is 11.0. The zero-order valence-corrected chi connectivity index (χ0v) is 41.2. The van der Waals surface area contributed by atoms with E-state index in [2.05, 4.69) is 67.8 Å². The average Bonchev–Trinajstić information content (AvgIpc) is 3.21. The van der Waals surface area contributed by atoms with Crippen LogP contribution in [-0.2, 0) is 18.4 Å². The number of likely N-dealkylation sites (N-methyl/N-ethyl adjacent to an activating group) is 1. The topological polar surface area (TPSA) is 108 Å². The van der Waals surface area contributed by atoms with Crippen molar-refractivity contribution in [3.8, 4) is 0 Å². The molecule has 0 heterocycles. The Balaban J connectivity index is 4.17. The largest absolute Gasteiger partial charge is 0.756 e. The lowest BCUT2D eigenvalue weighted by Gasteiger charge is -2.29. The standard InChI is InChI=1S/C52H97N2O6P/c1-6-8-10-12-14-16-18-20-21-22-23-24-25-26-27-28-29-30-31-32-33-34-36-38-40-42-44-46-52(56)53-50(49-60-61(57,58)59-48-47-54(3,4)5)51(55)45-43-41-39-37-35-19-17-15-13-11-9-7-2/h8,10,14,16,20-21,23-24,43,45,50-51,55H,6-7,9,11-13,15,17-19,22,25-42,44,46-49H2,1-5H3,(H-,53,56,57,58)/b10-8-,16-14-,21-20-,24-23-,45-43+. The minimum Gasteiger partial charge on any atom is -0.756 e. The molecule has 0 aliphatic rings. The number of allylic oxidation sites excluding steroid dienone is 9. The second-order valence-corrected chi connectivity index (χ2v) is 19.6. The molecule has 61 heavy (non-hydrogen) atoms. The maximum Gasteiger partial charge on any atom is 0.268 e. The molecule has 0 saturated carbocycles. The number of rotatable bonds is 45. The van der Waals surface area contributed by atoms with Crippen molar-refractivity contribution >= 4 is 13.7 Å². The first-order valence-electron chi connectivity index (χ1n) is 25.2. The lowest BCUT2D eigenvalue weighted by atomic mass is 10.0. The maximum atomic E-state index is 12.9. The molecule has 0 aliphatic carbocycles. The molecule has 3 unspecified atom stereocenters. The minimum absolute atomic E-state index is 0.00239. The molecule has 0 saturated heterocycles. The van der Waals surface area contributed by atoms with Crippen LogP contribution in [-0.4, -0.2) is 68.5 Å². The summed E-state index contributed by atoms with van der Waals surface area (Å²) in [6, 6.07) is -0.887. The molecule has 9 heteroatoms. The van der Waals surface area contributed by atoms with E-state index in [-0.39, 0.29) is 19.1 Å². The van der Waals surface area contributed by atoms with Gasteiger partial charge in [-0.25, -0.2) is 0 Å². The van der Waals surface area contributed by atoms with E-state index in [1.54, 1.807) is 6.08 Å². The van der Waals surface area contributed by atoms with E-state index in [4.69, 9.17) is 9.05 Å². The molecule has 0 aliphatic heterocycles. The van der Waals surface area contributed by atoms with Gasteiger partial charge in [-0.2, -0.15) is 0 Å². The summed E-state index contributed by atoms with van der Waals surface area (Å²) in [5.41, 5.74) is 0. The fourth-order valence-electron chi connectivity index (χ4n) is 7.03. The van der Waals surface area contributed by atoms with Gasteiger partial charge in [0.15, 0.2) is 0 Å². The van der Waals surface area contributed by atoms with Crippen LogP contribution in [0, 0.1) is 0 Å². The average molecular weight is 877 g/mol. The number of nitrogens with zero attached hydrogens (tertiary/aromatic N) is 1. The molecule has 0 fully saturated rings. The number of carbonyl (C=O) groups excluding carboxylic acids is 1. The Bertz CT molecular complexity index is 1180. The van der Waals surface area contributed by atoms with E-state index in [1.165, 1.54) is 128 Å². The lowest BCUT2D eigenvalue weighted by Crippen LogP contribution is -2.45. The quantitative estimate of drug-likeness (QED) is 0.0273. The Morgan fingerprint density at radius 3 is 1.46 bits per heavy atom. The number of aliphatic hydroxyl groups excluding tert-OH is 1. The van der Waals surface area contributed by atoms with E-state index in [9.17, 15) is 19.4 Å². The van der Waals surface area contributed by atoms with Gasteiger partial charge < -0.3 is 28.8 Å². The highest BCUT2D eigenvalue weighted by Crippen LogP contribution is 2.38. The molecule has 1 amide bonds. The summed E-state index contributed by atoms with van der Waals surface area (Å²) in [7, 11) is 1.26. The van der Waals surface area contributed by atoms with Gasteiger partial charge in [0.2, 0.25) is 5.91 Å². The molecule has 3 atom stereocenters. The van der Waals surface area contributed by atoms with Crippen molar-refractivity contribution < 1.29 is 32.9 Å². The molecule has 0 aromatic carbocycles. The Hall–Kier alpha value is -1.80. The first-order valence-corrected chi connectivity index (χ1v) is 26.6. The molecular formula is C52H97N2O6P. The highest BCUT2D eigenvalue weighted by molar-refractivity contribution is 7.45. The fourth-order valence-corrected chi connectivity index (χ4v) is 7.75. The van der Waals surface area contributed by atoms with Crippen LogP contribution < -0.4 is 10.2 Å². The van der Waals surface area contributed by atoms with Gasteiger partial charge in [0.05, 0.1) is 39.9 Å². The van der Waals surface area contributed by atoms with Crippen molar-refractivity contribution in [2.75, 3.05) is 40.9 Å². The predicted octanol–water partition coefficient (Wildman–Crippen LogP) is 14.0. The normalized spacial score (nSPS) is 14.7. The summed E-state index contributed by atoms with van der Waals surface area (Å²) in [6.45, 7) is 4.52.